The number of halogens is 1. The van der Waals surface area contributed by atoms with Gasteiger partial charge in [-0.2, -0.15) is 12.8 Å². The molecule has 3 aromatic rings. The Hall–Kier alpha value is -1.89. The summed E-state index contributed by atoms with van der Waals surface area (Å²) in [5, 5.41) is 0.438. The maximum atomic E-state index is 12.8. The van der Waals surface area contributed by atoms with E-state index in [1.807, 2.05) is 61.5 Å². The van der Waals surface area contributed by atoms with Gasteiger partial charge in [-0.15, -0.1) is 0 Å². The second kappa shape index (κ2) is 8.20. The third kappa shape index (κ3) is 4.84. The van der Waals surface area contributed by atoms with Crippen LogP contribution in [0.3, 0.4) is 0 Å². The molecule has 6 heteroatoms. The Morgan fingerprint density at radius 3 is 2.12 bits per heavy atom. The molecule has 0 N–H and O–H groups in total. The van der Waals surface area contributed by atoms with Crippen molar-refractivity contribution < 1.29 is 8.42 Å². The number of rotatable bonds is 4. The lowest BCUT2D eigenvalue weighted by atomic mass is 10.2. The highest BCUT2D eigenvalue weighted by Gasteiger charge is 2.16. The predicted octanol–water partition coefficient (Wildman–Crippen LogP) is 5.69. The van der Waals surface area contributed by atoms with E-state index in [9.17, 15) is 8.42 Å². The van der Waals surface area contributed by atoms with Crippen LogP contribution >= 0.6 is 27.7 Å². The van der Waals surface area contributed by atoms with Crippen LogP contribution < -0.4 is 0 Å². The number of sulfonamides is 1. The molecule has 26 heavy (non-hydrogen) atoms. The van der Waals surface area contributed by atoms with Crippen LogP contribution in [0, 0.1) is 6.92 Å². The SMILES string of the molecule is Cc1ccc(S(=O)(=O)N=C(Sc2ccc(Br)cc2)c2ccccc2)cc1. The average molecular weight is 446 g/mol. The molecule has 0 atom stereocenters. The first-order valence-electron chi connectivity index (χ1n) is 7.84. The van der Waals surface area contributed by atoms with Gasteiger partial charge in [-0.25, -0.2) is 0 Å². The number of hydrogen-bond acceptors (Lipinski definition) is 3. The van der Waals surface area contributed by atoms with Gasteiger partial charge in [0.15, 0.2) is 0 Å². The van der Waals surface area contributed by atoms with Gasteiger partial charge in [0.25, 0.3) is 10.0 Å². The average Bonchev–Trinajstić information content (AvgIpc) is 2.64. The minimum absolute atomic E-state index is 0.188. The number of thioether (sulfide) groups is 1. The van der Waals surface area contributed by atoms with E-state index in [1.165, 1.54) is 11.8 Å². The fraction of sp³-hybridized carbons (Fsp3) is 0.0500. The standard InChI is InChI=1S/C20H16BrNO2S2/c1-15-7-13-19(14-8-15)26(23,24)22-20(16-5-3-2-4-6-16)25-18-11-9-17(21)10-12-18/h2-14H,1H3. The first-order valence-corrected chi connectivity index (χ1v) is 10.9. The molecule has 0 aliphatic heterocycles. The van der Waals surface area contributed by atoms with E-state index in [1.54, 1.807) is 24.3 Å². The van der Waals surface area contributed by atoms with Gasteiger partial charge in [-0.1, -0.05) is 75.7 Å². The molecule has 0 fully saturated rings. The summed E-state index contributed by atoms with van der Waals surface area (Å²) >= 11 is 4.73. The van der Waals surface area contributed by atoms with Crippen LogP contribution in [0.25, 0.3) is 0 Å². The lowest BCUT2D eigenvalue weighted by Gasteiger charge is -2.08. The molecule has 0 unspecified atom stereocenters. The lowest BCUT2D eigenvalue weighted by Crippen LogP contribution is -2.04. The molecule has 3 aromatic carbocycles. The monoisotopic (exact) mass is 445 g/mol. The van der Waals surface area contributed by atoms with Gasteiger partial charge < -0.3 is 0 Å². The van der Waals surface area contributed by atoms with Gasteiger partial charge in [0, 0.05) is 14.9 Å². The molecular formula is C20H16BrNO2S2. The van der Waals surface area contributed by atoms with E-state index in [0.717, 1.165) is 20.5 Å². The molecular weight excluding hydrogens is 430 g/mol. The summed E-state index contributed by atoms with van der Waals surface area (Å²) in [7, 11) is -3.79. The normalized spacial score (nSPS) is 12.2. The minimum atomic E-state index is -3.79. The zero-order valence-corrected chi connectivity index (χ0v) is 17.2. The fourth-order valence-corrected chi connectivity index (χ4v) is 4.56. The van der Waals surface area contributed by atoms with Gasteiger partial charge in [0.2, 0.25) is 0 Å². The number of nitrogens with zero attached hydrogens (tertiary/aromatic N) is 1. The molecule has 3 nitrogen and oxygen atoms in total. The van der Waals surface area contributed by atoms with Crippen molar-refractivity contribution in [3.05, 3.63) is 94.5 Å². The van der Waals surface area contributed by atoms with Crippen molar-refractivity contribution in [3.8, 4) is 0 Å². The largest absolute Gasteiger partial charge is 0.283 e. The molecule has 0 bridgehead atoms. The van der Waals surface area contributed by atoms with Crippen LogP contribution in [0.15, 0.2) is 97.5 Å². The van der Waals surface area contributed by atoms with E-state index < -0.39 is 10.0 Å². The van der Waals surface area contributed by atoms with E-state index in [4.69, 9.17) is 0 Å². The van der Waals surface area contributed by atoms with Crippen LogP contribution in [0.2, 0.25) is 0 Å². The summed E-state index contributed by atoms with van der Waals surface area (Å²) in [6.45, 7) is 1.92. The van der Waals surface area contributed by atoms with E-state index >= 15 is 0 Å². The predicted molar refractivity (Wildman–Crippen MR) is 111 cm³/mol. The number of aryl methyl sites for hydroxylation is 1. The Morgan fingerprint density at radius 2 is 1.50 bits per heavy atom. The van der Waals surface area contributed by atoms with Gasteiger partial charge in [-0.05, 0) is 43.3 Å². The molecule has 0 saturated carbocycles. The number of hydrogen-bond donors (Lipinski definition) is 0. The number of benzene rings is 3. The van der Waals surface area contributed by atoms with Crippen molar-refractivity contribution in [2.24, 2.45) is 4.40 Å². The van der Waals surface area contributed by atoms with Crippen molar-refractivity contribution in [1.29, 1.82) is 0 Å². The van der Waals surface area contributed by atoms with Crippen LogP contribution in [-0.4, -0.2) is 13.5 Å². The molecule has 0 amide bonds. The Morgan fingerprint density at radius 1 is 0.885 bits per heavy atom. The molecule has 0 aliphatic rings. The second-order valence-electron chi connectivity index (χ2n) is 5.61. The van der Waals surface area contributed by atoms with E-state index in [0.29, 0.717) is 5.04 Å². The molecule has 0 spiro atoms. The van der Waals surface area contributed by atoms with Crippen molar-refractivity contribution >= 4 is 42.8 Å². The second-order valence-corrected chi connectivity index (χ2v) is 9.19. The molecule has 0 saturated heterocycles. The van der Waals surface area contributed by atoms with Gasteiger partial charge in [0.05, 0.1) is 4.90 Å². The van der Waals surface area contributed by atoms with Crippen molar-refractivity contribution in [3.63, 3.8) is 0 Å². The van der Waals surface area contributed by atoms with Crippen LogP contribution in [-0.2, 0) is 10.0 Å². The highest BCUT2D eigenvalue weighted by molar-refractivity contribution is 9.10. The third-order valence-electron chi connectivity index (χ3n) is 3.57. The van der Waals surface area contributed by atoms with Crippen LogP contribution in [0.5, 0.6) is 0 Å². The summed E-state index contributed by atoms with van der Waals surface area (Å²) in [5.41, 5.74) is 1.76. The Kier molecular flexibility index (Phi) is 5.96. The molecule has 132 valence electrons. The zero-order chi connectivity index (χ0) is 18.6. The van der Waals surface area contributed by atoms with Crippen LogP contribution in [0.4, 0.5) is 0 Å². The van der Waals surface area contributed by atoms with E-state index in [-0.39, 0.29) is 4.90 Å². The summed E-state index contributed by atoms with van der Waals surface area (Å²) in [5.74, 6) is 0. The topological polar surface area (TPSA) is 46.5 Å². The first-order chi connectivity index (χ1) is 12.4. The van der Waals surface area contributed by atoms with Crippen molar-refractivity contribution in [1.82, 2.24) is 0 Å². The molecule has 0 aromatic heterocycles. The quantitative estimate of drug-likeness (QED) is 0.294. The highest BCUT2D eigenvalue weighted by Crippen LogP contribution is 2.27. The Labute approximate surface area is 166 Å². The third-order valence-corrected chi connectivity index (χ3v) is 6.53. The Balaban J connectivity index is 2.03. The molecule has 3 rings (SSSR count). The molecule has 0 aliphatic carbocycles. The zero-order valence-electron chi connectivity index (χ0n) is 14.0. The van der Waals surface area contributed by atoms with Crippen molar-refractivity contribution in [2.75, 3.05) is 0 Å². The van der Waals surface area contributed by atoms with Crippen LogP contribution in [0.1, 0.15) is 11.1 Å². The van der Waals surface area contributed by atoms with Gasteiger partial charge in [-0.3, -0.25) is 0 Å². The van der Waals surface area contributed by atoms with Gasteiger partial charge >= 0.3 is 0 Å². The first kappa shape index (κ1) is 18.9. The van der Waals surface area contributed by atoms with Crippen molar-refractivity contribution in [2.45, 2.75) is 16.7 Å². The van der Waals surface area contributed by atoms with Gasteiger partial charge in [0.1, 0.15) is 5.04 Å². The summed E-state index contributed by atoms with van der Waals surface area (Å²) < 4.78 is 30.6. The molecule has 0 heterocycles. The minimum Gasteiger partial charge on any atom is -0.199 e. The summed E-state index contributed by atoms with van der Waals surface area (Å²) in [4.78, 5) is 1.10. The Bertz CT molecular complexity index is 1010. The smallest absolute Gasteiger partial charge is 0.199 e. The maximum absolute atomic E-state index is 12.8. The van der Waals surface area contributed by atoms with E-state index in [2.05, 4.69) is 20.3 Å². The summed E-state index contributed by atoms with van der Waals surface area (Å²) in [6, 6.07) is 23.7. The lowest BCUT2D eigenvalue weighted by molar-refractivity contribution is 0.598. The fourth-order valence-electron chi connectivity index (χ4n) is 2.20. The highest BCUT2D eigenvalue weighted by atomic mass is 79.9. The summed E-state index contributed by atoms with van der Waals surface area (Å²) in [6.07, 6.45) is 0. The molecule has 0 radical (unpaired) electrons. The maximum Gasteiger partial charge on any atom is 0.283 e.